The Morgan fingerprint density at radius 1 is 1.29 bits per heavy atom. The molecule has 130 valence electrons. The molecule has 0 saturated heterocycles. The molecule has 2 atom stereocenters. The number of aromatic nitrogens is 2. The zero-order valence-corrected chi connectivity index (χ0v) is 14.6. The van der Waals surface area contributed by atoms with Gasteiger partial charge in [-0.2, -0.15) is 0 Å². The molecule has 1 heterocycles. The van der Waals surface area contributed by atoms with Gasteiger partial charge in [0.05, 0.1) is 17.1 Å². The number of rotatable bonds is 5. The summed E-state index contributed by atoms with van der Waals surface area (Å²) in [6.07, 6.45) is 6.87. The third kappa shape index (κ3) is 3.89. The molecule has 1 fully saturated rings. The second-order valence-electron chi connectivity index (χ2n) is 6.96. The van der Waals surface area contributed by atoms with Gasteiger partial charge in [-0.1, -0.05) is 51.7 Å². The highest BCUT2D eigenvalue weighted by molar-refractivity contribution is 5.76. The topological polar surface area (TPSA) is 69.8 Å². The van der Waals surface area contributed by atoms with Gasteiger partial charge < -0.3 is 15.6 Å². The first-order valence-corrected chi connectivity index (χ1v) is 9.19. The molecule has 3 N–H and O–H groups in total. The molecule has 0 radical (unpaired) electrons. The standard InChI is InChI=1S/C19H28N4O/c1-3-13(2)17(18-21-15-11-7-8-12-16(15)22-18)23-19(24)20-14-9-5-4-6-10-14/h7-8,11-14,17H,3-6,9-10H2,1-2H3,(H,21,22)(H2,20,23,24)/t13-,17-/m1/s1. The number of fused-ring (bicyclic) bond motifs is 1. The minimum atomic E-state index is -0.106. The summed E-state index contributed by atoms with van der Waals surface area (Å²) in [5, 5.41) is 6.29. The van der Waals surface area contributed by atoms with Crippen molar-refractivity contribution >= 4 is 17.1 Å². The number of carbonyl (C=O) groups is 1. The van der Waals surface area contributed by atoms with Crippen LogP contribution >= 0.6 is 0 Å². The Bertz CT molecular complexity index is 642. The first-order valence-electron chi connectivity index (χ1n) is 9.19. The molecule has 3 rings (SSSR count). The molecule has 0 spiro atoms. The summed E-state index contributed by atoms with van der Waals surface area (Å²) in [5.41, 5.74) is 1.95. The Balaban J connectivity index is 1.72. The smallest absolute Gasteiger partial charge is 0.315 e. The molecular weight excluding hydrogens is 300 g/mol. The Morgan fingerprint density at radius 2 is 2.04 bits per heavy atom. The molecule has 2 amide bonds. The highest BCUT2D eigenvalue weighted by Gasteiger charge is 2.25. The second kappa shape index (κ2) is 7.69. The van der Waals surface area contributed by atoms with Gasteiger partial charge in [0, 0.05) is 6.04 Å². The van der Waals surface area contributed by atoms with Crippen molar-refractivity contribution in [2.24, 2.45) is 5.92 Å². The van der Waals surface area contributed by atoms with E-state index >= 15 is 0 Å². The molecule has 5 nitrogen and oxygen atoms in total. The van der Waals surface area contributed by atoms with Crippen LogP contribution in [0.5, 0.6) is 0 Å². The van der Waals surface area contributed by atoms with Gasteiger partial charge in [-0.15, -0.1) is 0 Å². The van der Waals surface area contributed by atoms with E-state index < -0.39 is 0 Å². The Kier molecular flexibility index (Phi) is 5.38. The van der Waals surface area contributed by atoms with E-state index in [-0.39, 0.29) is 12.1 Å². The van der Waals surface area contributed by atoms with Crippen molar-refractivity contribution in [3.05, 3.63) is 30.1 Å². The third-order valence-electron chi connectivity index (χ3n) is 5.14. The minimum absolute atomic E-state index is 0.0762. The van der Waals surface area contributed by atoms with Crippen molar-refractivity contribution in [2.45, 2.75) is 64.5 Å². The molecule has 1 aromatic carbocycles. The predicted octanol–water partition coefficient (Wildman–Crippen LogP) is 4.28. The average molecular weight is 328 g/mol. The van der Waals surface area contributed by atoms with Gasteiger partial charge in [0.1, 0.15) is 5.82 Å². The summed E-state index contributed by atoms with van der Waals surface area (Å²) in [6, 6.07) is 8.11. The first-order chi connectivity index (χ1) is 11.7. The lowest BCUT2D eigenvalue weighted by Gasteiger charge is -2.26. The summed E-state index contributed by atoms with van der Waals surface area (Å²) < 4.78 is 0. The number of H-pyrrole nitrogens is 1. The SMILES string of the molecule is CC[C@@H](C)[C@@H](NC(=O)NC1CCCCC1)c1nc2ccccc2[nH]1. The van der Waals surface area contributed by atoms with E-state index in [2.05, 4.69) is 34.4 Å². The molecular formula is C19H28N4O. The number of amides is 2. The zero-order chi connectivity index (χ0) is 16.9. The molecule has 0 aliphatic heterocycles. The van der Waals surface area contributed by atoms with Gasteiger partial charge in [0.2, 0.25) is 0 Å². The van der Waals surface area contributed by atoms with Crippen molar-refractivity contribution in [3.8, 4) is 0 Å². The number of hydrogen-bond acceptors (Lipinski definition) is 2. The summed E-state index contributed by atoms with van der Waals surface area (Å²) in [5.74, 6) is 1.15. The van der Waals surface area contributed by atoms with Crippen LogP contribution in [-0.4, -0.2) is 22.0 Å². The Hall–Kier alpha value is -2.04. The zero-order valence-electron chi connectivity index (χ0n) is 14.6. The number of nitrogens with one attached hydrogen (secondary N) is 3. The van der Waals surface area contributed by atoms with Crippen LogP contribution in [-0.2, 0) is 0 Å². The van der Waals surface area contributed by atoms with Crippen LogP contribution in [0.15, 0.2) is 24.3 Å². The van der Waals surface area contributed by atoms with E-state index in [4.69, 9.17) is 0 Å². The molecule has 2 aromatic rings. The second-order valence-corrected chi connectivity index (χ2v) is 6.96. The highest BCUT2D eigenvalue weighted by Crippen LogP contribution is 2.25. The maximum absolute atomic E-state index is 12.5. The van der Waals surface area contributed by atoms with E-state index in [0.717, 1.165) is 36.1 Å². The summed E-state index contributed by atoms with van der Waals surface area (Å²) >= 11 is 0. The minimum Gasteiger partial charge on any atom is -0.340 e. The van der Waals surface area contributed by atoms with Crippen LogP contribution in [0.2, 0.25) is 0 Å². The number of nitrogens with zero attached hydrogens (tertiary/aromatic N) is 1. The van der Waals surface area contributed by atoms with Crippen LogP contribution in [0.3, 0.4) is 0 Å². The van der Waals surface area contributed by atoms with E-state index in [1.807, 2.05) is 24.3 Å². The first kappa shape index (κ1) is 16.8. The quantitative estimate of drug-likeness (QED) is 0.766. The number of benzene rings is 1. The summed E-state index contributed by atoms with van der Waals surface area (Å²) in [6.45, 7) is 4.29. The predicted molar refractivity (Wildman–Crippen MR) is 96.8 cm³/mol. The molecule has 0 bridgehead atoms. The van der Waals surface area contributed by atoms with Crippen LogP contribution in [0.25, 0.3) is 11.0 Å². The maximum atomic E-state index is 12.5. The fourth-order valence-corrected chi connectivity index (χ4v) is 3.45. The highest BCUT2D eigenvalue weighted by atomic mass is 16.2. The van der Waals surface area contributed by atoms with Gasteiger partial charge in [-0.3, -0.25) is 0 Å². The Morgan fingerprint density at radius 3 is 2.75 bits per heavy atom. The molecule has 5 heteroatoms. The van der Waals surface area contributed by atoms with E-state index in [1.165, 1.54) is 19.3 Å². The number of urea groups is 1. The van der Waals surface area contributed by atoms with Crippen LogP contribution < -0.4 is 10.6 Å². The van der Waals surface area contributed by atoms with E-state index in [1.54, 1.807) is 0 Å². The Labute approximate surface area is 143 Å². The number of para-hydroxylation sites is 2. The van der Waals surface area contributed by atoms with Gasteiger partial charge >= 0.3 is 6.03 Å². The monoisotopic (exact) mass is 328 g/mol. The normalized spacial score (nSPS) is 18.2. The molecule has 1 saturated carbocycles. The van der Waals surface area contributed by atoms with Crippen molar-refractivity contribution in [1.29, 1.82) is 0 Å². The van der Waals surface area contributed by atoms with Crippen molar-refractivity contribution in [3.63, 3.8) is 0 Å². The lowest BCUT2D eigenvalue weighted by atomic mass is 9.95. The fourth-order valence-electron chi connectivity index (χ4n) is 3.45. The maximum Gasteiger partial charge on any atom is 0.315 e. The molecule has 1 aromatic heterocycles. The van der Waals surface area contributed by atoms with E-state index in [9.17, 15) is 4.79 Å². The van der Waals surface area contributed by atoms with Crippen LogP contribution in [0, 0.1) is 5.92 Å². The van der Waals surface area contributed by atoms with E-state index in [0.29, 0.717) is 12.0 Å². The molecule has 1 aliphatic rings. The van der Waals surface area contributed by atoms with Crippen molar-refractivity contribution in [2.75, 3.05) is 0 Å². The number of imidazole rings is 1. The van der Waals surface area contributed by atoms with Gasteiger partial charge in [0.25, 0.3) is 0 Å². The lowest BCUT2D eigenvalue weighted by molar-refractivity contribution is 0.222. The lowest BCUT2D eigenvalue weighted by Crippen LogP contribution is -2.45. The van der Waals surface area contributed by atoms with Crippen LogP contribution in [0.1, 0.15) is 64.2 Å². The van der Waals surface area contributed by atoms with Gasteiger partial charge in [0.15, 0.2) is 0 Å². The van der Waals surface area contributed by atoms with Crippen molar-refractivity contribution in [1.82, 2.24) is 20.6 Å². The number of carbonyl (C=O) groups excluding carboxylic acids is 1. The molecule has 0 unspecified atom stereocenters. The molecule has 1 aliphatic carbocycles. The largest absolute Gasteiger partial charge is 0.340 e. The van der Waals surface area contributed by atoms with Gasteiger partial charge in [-0.05, 0) is 30.9 Å². The van der Waals surface area contributed by atoms with Crippen LogP contribution in [0.4, 0.5) is 4.79 Å². The third-order valence-corrected chi connectivity index (χ3v) is 5.14. The number of hydrogen-bond donors (Lipinski definition) is 3. The van der Waals surface area contributed by atoms with Gasteiger partial charge in [-0.25, -0.2) is 9.78 Å². The molecule has 24 heavy (non-hydrogen) atoms. The average Bonchev–Trinajstić information content (AvgIpc) is 3.03. The van der Waals surface area contributed by atoms with Crippen molar-refractivity contribution < 1.29 is 4.79 Å². The summed E-state index contributed by atoms with van der Waals surface area (Å²) in [7, 11) is 0. The fraction of sp³-hybridized carbons (Fsp3) is 0.579. The summed E-state index contributed by atoms with van der Waals surface area (Å²) in [4.78, 5) is 20.5. The number of aromatic amines is 1.